The van der Waals surface area contributed by atoms with Crippen LogP contribution < -0.4 is 10.9 Å². The molecule has 0 amide bonds. The second-order valence-corrected chi connectivity index (χ2v) is 2.46. The number of anilines is 1. The van der Waals surface area contributed by atoms with Gasteiger partial charge in [-0.1, -0.05) is 0 Å². The SMILES string of the molecule is Cc1cc2c(cn1)CNN2. The van der Waals surface area contributed by atoms with Crippen molar-refractivity contribution in [3.8, 4) is 0 Å². The van der Waals surface area contributed by atoms with Crippen LogP contribution in [0.1, 0.15) is 11.3 Å². The molecule has 0 atom stereocenters. The van der Waals surface area contributed by atoms with Gasteiger partial charge in [-0.15, -0.1) is 0 Å². The molecular formula is C7H9N3. The first-order valence-corrected chi connectivity index (χ1v) is 3.30. The number of fused-ring (bicyclic) bond motifs is 1. The van der Waals surface area contributed by atoms with Gasteiger partial charge in [0.15, 0.2) is 0 Å². The van der Waals surface area contributed by atoms with Gasteiger partial charge < -0.3 is 5.43 Å². The maximum atomic E-state index is 4.17. The Bertz CT molecular complexity index is 257. The average Bonchev–Trinajstić information content (AvgIpc) is 2.33. The Kier molecular flexibility index (Phi) is 1.11. The molecule has 1 aliphatic rings. The highest BCUT2D eigenvalue weighted by Crippen LogP contribution is 2.18. The second-order valence-electron chi connectivity index (χ2n) is 2.46. The fourth-order valence-corrected chi connectivity index (χ4v) is 1.08. The lowest BCUT2D eigenvalue weighted by Gasteiger charge is -1.97. The van der Waals surface area contributed by atoms with Crippen LogP contribution in [0.4, 0.5) is 5.69 Å². The number of aryl methyl sites for hydroxylation is 1. The van der Waals surface area contributed by atoms with Gasteiger partial charge in [-0.2, -0.15) is 0 Å². The number of hydrogen-bond acceptors (Lipinski definition) is 3. The molecule has 0 unspecified atom stereocenters. The molecule has 0 bridgehead atoms. The van der Waals surface area contributed by atoms with Crippen LogP contribution in [0.15, 0.2) is 12.3 Å². The molecule has 2 N–H and O–H groups in total. The van der Waals surface area contributed by atoms with Crippen molar-refractivity contribution in [3.05, 3.63) is 23.5 Å². The summed E-state index contributed by atoms with van der Waals surface area (Å²) in [6.45, 7) is 2.86. The lowest BCUT2D eigenvalue weighted by molar-refractivity contribution is 0.857. The van der Waals surface area contributed by atoms with Gasteiger partial charge in [-0.25, -0.2) is 5.43 Å². The minimum absolute atomic E-state index is 0.878. The Morgan fingerprint density at radius 3 is 3.40 bits per heavy atom. The monoisotopic (exact) mass is 135 g/mol. The molecule has 52 valence electrons. The zero-order chi connectivity index (χ0) is 6.97. The normalized spacial score (nSPS) is 14.5. The van der Waals surface area contributed by atoms with E-state index >= 15 is 0 Å². The van der Waals surface area contributed by atoms with E-state index in [4.69, 9.17) is 0 Å². The highest BCUT2D eigenvalue weighted by molar-refractivity contribution is 5.53. The first kappa shape index (κ1) is 5.68. The Hall–Kier alpha value is -1.09. The van der Waals surface area contributed by atoms with E-state index in [1.807, 2.05) is 19.2 Å². The van der Waals surface area contributed by atoms with Gasteiger partial charge in [0.1, 0.15) is 0 Å². The van der Waals surface area contributed by atoms with Gasteiger partial charge in [-0.3, -0.25) is 4.98 Å². The summed E-state index contributed by atoms with van der Waals surface area (Å²) in [5, 5.41) is 0. The van der Waals surface area contributed by atoms with E-state index < -0.39 is 0 Å². The number of aromatic nitrogens is 1. The predicted octanol–water partition coefficient (Wildman–Crippen LogP) is 0.820. The molecule has 2 rings (SSSR count). The van der Waals surface area contributed by atoms with E-state index in [1.165, 1.54) is 5.56 Å². The van der Waals surface area contributed by atoms with Crippen molar-refractivity contribution in [2.75, 3.05) is 5.43 Å². The number of nitrogens with zero attached hydrogens (tertiary/aromatic N) is 1. The molecular weight excluding hydrogens is 126 g/mol. The molecule has 0 aliphatic carbocycles. The van der Waals surface area contributed by atoms with E-state index in [-0.39, 0.29) is 0 Å². The quantitative estimate of drug-likeness (QED) is 0.553. The molecule has 10 heavy (non-hydrogen) atoms. The zero-order valence-electron chi connectivity index (χ0n) is 5.81. The standard InChI is InChI=1S/C7H9N3/c1-5-2-7-6(3-8-5)4-9-10-7/h2-3,9-10H,4H2,1H3. The zero-order valence-corrected chi connectivity index (χ0v) is 5.81. The second kappa shape index (κ2) is 1.95. The fourth-order valence-electron chi connectivity index (χ4n) is 1.08. The summed E-state index contributed by atoms with van der Waals surface area (Å²) < 4.78 is 0. The first-order chi connectivity index (χ1) is 4.86. The number of rotatable bonds is 0. The van der Waals surface area contributed by atoms with Crippen LogP contribution in [-0.2, 0) is 6.54 Å². The van der Waals surface area contributed by atoms with E-state index in [2.05, 4.69) is 15.8 Å². The van der Waals surface area contributed by atoms with Gasteiger partial charge in [0.25, 0.3) is 0 Å². The number of hydrazine groups is 1. The highest BCUT2D eigenvalue weighted by Gasteiger charge is 2.08. The van der Waals surface area contributed by atoms with Crippen LogP contribution in [0.25, 0.3) is 0 Å². The molecule has 1 aromatic heterocycles. The van der Waals surface area contributed by atoms with Crippen molar-refractivity contribution in [2.45, 2.75) is 13.5 Å². The maximum Gasteiger partial charge on any atom is 0.0566 e. The lowest BCUT2D eigenvalue weighted by Crippen LogP contribution is -2.10. The summed E-state index contributed by atoms with van der Waals surface area (Å²) in [6, 6.07) is 2.04. The molecule has 3 nitrogen and oxygen atoms in total. The van der Waals surface area contributed by atoms with Gasteiger partial charge in [0, 0.05) is 24.0 Å². The molecule has 2 heterocycles. The van der Waals surface area contributed by atoms with Crippen LogP contribution in [0.3, 0.4) is 0 Å². The molecule has 0 saturated carbocycles. The summed E-state index contributed by atoms with van der Waals surface area (Å²) >= 11 is 0. The van der Waals surface area contributed by atoms with Crippen LogP contribution in [0.2, 0.25) is 0 Å². The fraction of sp³-hybridized carbons (Fsp3) is 0.286. The van der Waals surface area contributed by atoms with Crippen LogP contribution in [0.5, 0.6) is 0 Å². The number of nitrogens with one attached hydrogen (secondary N) is 2. The molecule has 0 radical (unpaired) electrons. The molecule has 0 saturated heterocycles. The predicted molar refractivity (Wildman–Crippen MR) is 39.4 cm³/mol. The lowest BCUT2D eigenvalue weighted by atomic mass is 10.2. The minimum atomic E-state index is 0.878. The van der Waals surface area contributed by atoms with Crippen molar-refractivity contribution < 1.29 is 0 Å². The van der Waals surface area contributed by atoms with Crippen molar-refractivity contribution in [1.29, 1.82) is 0 Å². The largest absolute Gasteiger partial charge is 0.321 e. The number of pyridine rings is 1. The number of hydrogen-bond donors (Lipinski definition) is 2. The van der Waals surface area contributed by atoms with Gasteiger partial charge in [-0.05, 0) is 13.0 Å². The van der Waals surface area contributed by atoms with Gasteiger partial charge >= 0.3 is 0 Å². The maximum absolute atomic E-state index is 4.17. The van der Waals surface area contributed by atoms with Crippen LogP contribution in [-0.4, -0.2) is 4.98 Å². The molecule has 1 aliphatic heterocycles. The van der Waals surface area contributed by atoms with Crippen molar-refractivity contribution in [1.82, 2.24) is 10.4 Å². The Morgan fingerprint density at radius 1 is 1.60 bits per heavy atom. The summed E-state index contributed by atoms with van der Waals surface area (Å²) in [7, 11) is 0. The molecule has 0 spiro atoms. The third-order valence-corrected chi connectivity index (χ3v) is 1.63. The van der Waals surface area contributed by atoms with Gasteiger partial charge in [0.05, 0.1) is 5.69 Å². The summed E-state index contributed by atoms with van der Waals surface area (Å²) in [6.07, 6.45) is 1.90. The molecule has 0 aromatic carbocycles. The smallest absolute Gasteiger partial charge is 0.0566 e. The minimum Gasteiger partial charge on any atom is -0.321 e. The molecule has 3 heteroatoms. The Morgan fingerprint density at radius 2 is 2.50 bits per heavy atom. The van der Waals surface area contributed by atoms with Crippen molar-refractivity contribution >= 4 is 5.69 Å². The summed E-state index contributed by atoms with van der Waals surface area (Å²) in [5.41, 5.74) is 9.53. The first-order valence-electron chi connectivity index (χ1n) is 3.30. The van der Waals surface area contributed by atoms with Gasteiger partial charge in [0.2, 0.25) is 0 Å². The Balaban J connectivity index is 2.52. The van der Waals surface area contributed by atoms with E-state index in [1.54, 1.807) is 0 Å². The van der Waals surface area contributed by atoms with E-state index in [0.717, 1.165) is 17.9 Å². The third-order valence-electron chi connectivity index (χ3n) is 1.63. The average molecular weight is 135 g/mol. The van der Waals surface area contributed by atoms with E-state index in [0.29, 0.717) is 0 Å². The topological polar surface area (TPSA) is 37.0 Å². The van der Waals surface area contributed by atoms with E-state index in [9.17, 15) is 0 Å². The van der Waals surface area contributed by atoms with Crippen molar-refractivity contribution in [3.63, 3.8) is 0 Å². The summed E-state index contributed by atoms with van der Waals surface area (Å²) in [4.78, 5) is 4.17. The van der Waals surface area contributed by atoms with Crippen LogP contribution in [0, 0.1) is 6.92 Å². The molecule has 1 aromatic rings. The van der Waals surface area contributed by atoms with Crippen LogP contribution >= 0.6 is 0 Å². The highest BCUT2D eigenvalue weighted by atomic mass is 15.4. The molecule has 0 fully saturated rings. The third kappa shape index (κ3) is 0.752. The Labute approximate surface area is 59.4 Å². The van der Waals surface area contributed by atoms with Crippen molar-refractivity contribution in [2.24, 2.45) is 0 Å². The summed E-state index contributed by atoms with van der Waals surface area (Å²) in [5.74, 6) is 0.